The first kappa shape index (κ1) is 24.6. The van der Waals surface area contributed by atoms with Gasteiger partial charge in [-0.3, -0.25) is 9.59 Å². The van der Waals surface area contributed by atoms with Gasteiger partial charge in [0, 0.05) is 53.8 Å². The Hall–Kier alpha value is -2.12. The van der Waals surface area contributed by atoms with Crippen LogP contribution < -0.4 is 10.5 Å². The van der Waals surface area contributed by atoms with Gasteiger partial charge in [-0.1, -0.05) is 0 Å². The van der Waals surface area contributed by atoms with Crippen molar-refractivity contribution < 1.29 is 4.79 Å². The molecule has 2 aromatic heterocycles. The first-order chi connectivity index (χ1) is 16.8. The summed E-state index contributed by atoms with van der Waals surface area (Å²) in [6, 6.07) is 4.11. The molecule has 3 aliphatic rings. The lowest BCUT2D eigenvalue weighted by Crippen LogP contribution is -2.43. The summed E-state index contributed by atoms with van der Waals surface area (Å²) in [4.78, 5) is 37.4. The van der Waals surface area contributed by atoms with Gasteiger partial charge in [-0.05, 0) is 90.5 Å². The lowest BCUT2D eigenvalue weighted by molar-refractivity contribution is 0.0727. The lowest BCUT2D eigenvalue weighted by atomic mass is 9.89. The summed E-state index contributed by atoms with van der Waals surface area (Å²) in [7, 11) is 2.32. The smallest absolute Gasteiger partial charge is 0.255 e. The number of fused-ring (bicyclic) bond motifs is 1. The Bertz CT molecular complexity index is 1160. The number of anilines is 1. The predicted octanol–water partition coefficient (Wildman–Crippen LogP) is 4.79. The molecule has 190 valence electrons. The van der Waals surface area contributed by atoms with Crippen LogP contribution in [0.2, 0.25) is 0 Å². The molecule has 7 heteroatoms. The highest BCUT2D eigenvalue weighted by Crippen LogP contribution is 2.42. The molecule has 1 N–H and O–H groups in total. The van der Waals surface area contributed by atoms with Crippen molar-refractivity contribution in [3.8, 4) is 0 Å². The molecule has 35 heavy (non-hydrogen) atoms. The number of nitrogens with one attached hydrogen (secondary N) is 1. The van der Waals surface area contributed by atoms with Crippen LogP contribution in [0, 0.1) is 20.8 Å². The molecule has 2 saturated carbocycles. The van der Waals surface area contributed by atoms with E-state index in [0.29, 0.717) is 24.7 Å². The zero-order valence-electron chi connectivity index (χ0n) is 21.9. The van der Waals surface area contributed by atoms with E-state index in [1.54, 1.807) is 0 Å². The first-order valence-electron chi connectivity index (χ1n) is 13.4. The number of aryl methyl sites for hydroxylation is 2. The largest absolute Gasteiger partial charge is 0.361 e. The molecule has 2 aromatic rings. The Morgan fingerprint density at radius 2 is 1.66 bits per heavy atom. The summed E-state index contributed by atoms with van der Waals surface area (Å²) in [5.41, 5.74) is 4.45. The fraction of sp³-hybridized carbons (Fsp3) is 0.643. The quantitative estimate of drug-likeness (QED) is 0.599. The van der Waals surface area contributed by atoms with Crippen molar-refractivity contribution in [2.24, 2.45) is 0 Å². The van der Waals surface area contributed by atoms with Crippen molar-refractivity contribution in [1.82, 2.24) is 14.8 Å². The molecule has 6 nitrogen and oxygen atoms in total. The minimum absolute atomic E-state index is 0.0797. The van der Waals surface area contributed by atoms with Gasteiger partial charge in [0.05, 0.1) is 17.1 Å². The molecule has 0 saturated heterocycles. The molecule has 1 aliphatic heterocycles. The molecule has 0 aromatic carbocycles. The molecule has 0 spiro atoms. The Morgan fingerprint density at radius 3 is 2.26 bits per heavy atom. The lowest BCUT2D eigenvalue weighted by Gasteiger charge is -2.40. The van der Waals surface area contributed by atoms with Crippen LogP contribution >= 0.6 is 11.3 Å². The second-order valence-corrected chi connectivity index (χ2v) is 12.0. The summed E-state index contributed by atoms with van der Waals surface area (Å²) in [5, 5.41) is 1.29. The maximum absolute atomic E-state index is 13.6. The number of nitrogens with zero attached hydrogens (tertiary/aromatic N) is 3. The van der Waals surface area contributed by atoms with Crippen molar-refractivity contribution in [3.63, 3.8) is 0 Å². The Kier molecular flexibility index (Phi) is 6.83. The predicted molar refractivity (Wildman–Crippen MR) is 144 cm³/mol. The van der Waals surface area contributed by atoms with E-state index < -0.39 is 0 Å². The summed E-state index contributed by atoms with van der Waals surface area (Å²) >= 11 is 1.83. The van der Waals surface area contributed by atoms with Gasteiger partial charge in [0.2, 0.25) is 0 Å². The van der Waals surface area contributed by atoms with E-state index >= 15 is 0 Å². The fourth-order valence-corrected chi connectivity index (χ4v) is 7.75. The third kappa shape index (κ3) is 4.69. The minimum Gasteiger partial charge on any atom is -0.361 e. The van der Waals surface area contributed by atoms with Crippen molar-refractivity contribution in [1.29, 1.82) is 0 Å². The van der Waals surface area contributed by atoms with Gasteiger partial charge in [0.1, 0.15) is 0 Å². The van der Waals surface area contributed by atoms with Crippen molar-refractivity contribution >= 4 is 22.2 Å². The van der Waals surface area contributed by atoms with Crippen LogP contribution in [0.4, 0.5) is 5.00 Å². The number of pyridine rings is 1. The number of hydrogen-bond acceptors (Lipinski definition) is 5. The summed E-state index contributed by atoms with van der Waals surface area (Å²) < 4.78 is 0. The molecule has 2 aliphatic carbocycles. The molecule has 0 bridgehead atoms. The van der Waals surface area contributed by atoms with Gasteiger partial charge in [-0.15, -0.1) is 11.3 Å². The Morgan fingerprint density at radius 1 is 1.03 bits per heavy atom. The molecule has 2 fully saturated rings. The van der Waals surface area contributed by atoms with Gasteiger partial charge < -0.3 is 19.7 Å². The number of aromatic amines is 1. The maximum Gasteiger partial charge on any atom is 0.255 e. The van der Waals surface area contributed by atoms with E-state index in [-0.39, 0.29) is 11.5 Å². The third-order valence-corrected chi connectivity index (χ3v) is 9.94. The number of carbonyl (C=O) groups is 1. The topological polar surface area (TPSA) is 59.7 Å². The van der Waals surface area contributed by atoms with E-state index in [0.717, 1.165) is 47.4 Å². The summed E-state index contributed by atoms with van der Waals surface area (Å²) in [6.45, 7) is 10.3. The van der Waals surface area contributed by atoms with Gasteiger partial charge in [-0.2, -0.15) is 0 Å². The van der Waals surface area contributed by atoms with Crippen LogP contribution in [0.15, 0.2) is 10.9 Å². The number of H-pyrrole nitrogens is 1. The third-order valence-electron chi connectivity index (χ3n) is 8.55. The van der Waals surface area contributed by atoms with E-state index in [1.807, 2.05) is 36.2 Å². The van der Waals surface area contributed by atoms with E-state index in [1.165, 1.54) is 48.4 Å². The second-order valence-electron chi connectivity index (χ2n) is 10.9. The van der Waals surface area contributed by atoms with E-state index in [2.05, 4.69) is 35.7 Å². The number of thiophene rings is 1. The molecule has 0 atom stereocenters. The van der Waals surface area contributed by atoms with Crippen molar-refractivity contribution in [3.05, 3.63) is 49.2 Å². The summed E-state index contributed by atoms with van der Waals surface area (Å²) in [5.74, 6) is 0.0800. The van der Waals surface area contributed by atoms with Crippen molar-refractivity contribution in [2.75, 3.05) is 25.0 Å². The maximum atomic E-state index is 13.6. The number of carbonyl (C=O) groups excluding carboxylic acids is 1. The zero-order chi connectivity index (χ0) is 24.9. The first-order valence-corrected chi connectivity index (χ1v) is 14.2. The van der Waals surface area contributed by atoms with Gasteiger partial charge in [-0.25, -0.2) is 0 Å². The molecule has 0 radical (unpaired) electrons. The monoisotopic (exact) mass is 496 g/mol. The summed E-state index contributed by atoms with van der Waals surface area (Å²) in [6.07, 6.45) is 8.62. The molecular weight excluding hydrogens is 456 g/mol. The highest BCUT2D eigenvalue weighted by atomic mass is 32.1. The molecular formula is C28H40N4O2S. The number of aromatic nitrogens is 1. The molecule has 5 rings (SSSR count). The standard InChI is InChI=1S/C28H40N4O2S/c1-6-32(22-11-9-21(10-12-22)30(5)20-7-8-20)28-19(4)25-24(35-28)13-14-31(27(25)34)16-23-17(2)15-18(3)29-26(23)33/h15,20-22H,6-14,16H2,1-5H3,(H,29,33). The van der Waals surface area contributed by atoms with Crippen LogP contribution in [0.3, 0.4) is 0 Å². The van der Waals surface area contributed by atoms with Crippen LogP contribution in [0.1, 0.15) is 83.1 Å². The molecule has 1 amide bonds. The fourth-order valence-electron chi connectivity index (χ4n) is 6.33. The Balaban J connectivity index is 1.33. The van der Waals surface area contributed by atoms with Crippen LogP contribution in [0.25, 0.3) is 0 Å². The minimum atomic E-state index is -0.0797. The van der Waals surface area contributed by atoms with Crippen LogP contribution in [0.5, 0.6) is 0 Å². The number of rotatable bonds is 7. The van der Waals surface area contributed by atoms with Gasteiger partial charge >= 0.3 is 0 Å². The average molecular weight is 497 g/mol. The molecule has 3 heterocycles. The SMILES string of the molecule is CCN(c1sc2c(c1C)C(=O)N(Cc1c(C)cc(C)[nH]c1=O)CC2)C1CCC(N(C)C2CC2)CC1. The zero-order valence-corrected chi connectivity index (χ0v) is 22.8. The van der Waals surface area contributed by atoms with E-state index in [9.17, 15) is 9.59 Å². The number of hydrogen-bond donors (Lipinski definition) is 1. The van der Waals surface area contributed by atoms with E-state index in [4.69, 9.17) is 0 Å². The van der Waals surface area contributed by atoms with Crippen molar-refractivity contribution in [2.45, 2.75) is 97.3 Å². The number of amides is 1. The molecule has 0 unspecified atom stereocenters. The normalized spacial score (nSPS) is 22.6. The Labute approximate surface area is 213 Å². The highest BCUT2D eigenvalue weighted by Gasteiger charge is 2.36. The van der Waals surface area contributed by atoms with Crippen LogP contribution in [-0.4, -0.2) is 59.0 Å². The van der Waals surface area contributed by atoms with Crippen LogP contribution in [-0.2, 0) is 13.0 Å². The second kappa shape index (κ2) is 9.74. The highest BCUT2D eigenvalue weighted by molar-refractivity contribution is 7.16. The van der Waals surface area contributed by atoms with Gasteiger partial charge in [0.15, 0.2) is 0 Å². The van der Waals surface area contributed by atoms with Gasteiger partial charge in [0.25, 0.3) is 11.5 Å². The average Bonchev–Trinajstić information content (AvgIpc) is 3.62.